The number of nitrogens with zero attached hydrogens (tertiary/aromatic N) is 2. The molecule has 0 bridgehead atoms. The third-order valence-electron chi connectivity index (χ3n) is 5.32. The number of hydrazone groups is 1. The van der Waals surface area contributed by atoms with E-state index in [-0.39, 0.29) is 22.1 Å². The molecule has 11 heteroatoms. The van der Waals surface area contributed by atoms with Gasteiger partial charge in [-0.2, -0.15) is 17.9 Å². The van der Waals surface area contributed by atoms with Crippen molar-refractivity contribution in [1.29, 1.82) is 0 Å². The Hall–Kier alpha value is -2.95. The van der Waals surface area contributed by atoms with Crippen molar-refractivity contribution in [2.24, 2.45) is 5.10 Å². The van der Waals surface area contributed by atoms with Gasteiger partial charge in [-0.1, -0.05) is 41.9 Å². The summed E-state index contributed by atoms with van der Waals surface area (Å²) in [5.41, 5.74) is 1.91. The van der Waals surface area contributed by atoms with Gasteiger partial charge in [-0.15, -0.1) is 0 Å². The molecule has 1 N–H and O–H groups in total. The summed E-state index contributed by atoms with van der Waals surface area (Å²) in [4.78, 5) is -0.0263. The maximum Gasteiger partial charge on any atom is 0.279 e. The molecule has 4 rings (SSSR count). The Morgan fingerprint density at radius 3 is 2.41 bits per heavy atom. The van der Waals surface area contributed by atoms with E-state index in [1.54, 1.807) is 30.3 Å². The van der Waals surface area contributed by atoms with Crippen LogP contribution in [-0.4, -0.2) is 32.7 Å². The van der Waals surface area contributed by atoms with Crippen LogP contribution < -0.4 is 4.72 Å². The lowest BCUT2D eigenvalue weighted by atomic mass is 9.99. The second kappa shape index (κ2) is 9.36. The Kier molecular flexibility index (Phi) is 6.66. The molecule has 0 spiro atoms. The van der Waals surface area contributed by atoms with Crippen LogP contribution in [0.15, 0.2) is 82.8 Å². The van der Waals surface area contributed by atoms with E-state index < -0.39 is 31.9 Å². The lowest BCUT2D eigenvalue weighted by Crippen LogP contribution is -2.27. The molecular formula is C23H21ClFN3O4S2. The summed E-state index contributed by atoms with van der Waals surface area (Å²) in [6, 6.07) is 17.3. The first kappa shape index (κ1) is 24.2. The monoisotopic (exact) mass is 521 g/mol. The summed E-state index contributed by atoms with van der Waals surface area (Å²) in [6.45, 7) is 1.53. The van der Waals surface area contributed by atoms with Crippen molar-refractivity contribution in [2.75, 3.05) is 10.5 Å². The number of benzene rings is 3. The first-order valence-corrected chi connectivity index (χ1v) is 13.8. The van der Waals surface area contributed by atoms with Crippen molar-refractivity contribution >= 4 is 43.0 Å². The highest BCUT2D eigenvalue weighted by Gasteiger charge is 2.38. The van der Waals surface area contributed by atoms with Gasteiger partial charge < -0.3 is 0 Å². The second-order valence-corrected chi connectivity index (χ2v) is 11.9. The molecule has 0 amide bonds. The Morgan fingerprint density at radius 2 is 1.74 bits per heavy atom. The van der Waals surface area contributed by atoms with Crippen LogP contribution in [0.2, 0.25) is 5.02 Å². The molecule has 1 aliphatic rings. The molecule has 0 radical (unpaired) electrons. The van der Waals surface area contributed by atoms with E-state index in [1.165, 1.54) is 49.4 Å². The molecule has 1 aliphatic heterocycles. The van der Waals surface area contributed by atoms with Crippen LogP contribution >= 0.6 is 11.6 Å². The van der Waals surface area contributed by atoms with Gasteiger partial charge in [0.05, 0.1) is 22.4 Å². The highest BCUT2D eigenvalue weighted by Crippen LogP contribution is 2.37. The fourth-order valence-electron chi connectivity index (χ4n) is 3.57. The summed E-state index contributed by atoms with van der Waals surface area (Å²) < 4.78 is 68.0. The molecule has 3 aromatic carbocycles. The fraction of sp³-hybridized carbons (Fsp3) is 0.174. The number of rotatable bonds is 7. The lowest BCUT2D eigenvalue weighted by molar-refractivity contribution is 0.371. The summed E-state index contributed by atoms with van der Waals surface area (Å²) in [5, 5.41) is 4.68. The van der Waals surface area contributed by atoms with Crippen molar-refractivity contribution in [3.05, 3.63) is 94.8 Å². The standard InChI is InChI=1S/C23H21ClFN3O4S2/c1-2-33(29,30)27-20-7-3-5-17(13-20)22-15-23(16-9-11-19(25)12-10-16)28(26-22)34(31,32)21-8-4-6-18(24)14-21/h3-14,23,27H,2,15H2,1H3. The summed E-state index contributed by atoms with van der Waals surface area (Å²) in [5.74, 6) is -0.528. The van der Waals surface area contributed by atoms with Gasteiger partial charge in [0.15, 0.2) is 0 Å². The molecule has 1 heterocycles. The zero-order valence-corrected chi connectivity index (χ0v) is 20.4. The van der Waals surface area contributed by atoms with Crippen LogP contribution in [0.3, 0.4) is 0 Å². The van der Waals surface area contributed by atoms with E-state index in [0.717, 1.165) is 4.41 Å². The van der Waals surface area contributed by atoms with Crippen molar-refractivity contribution in [3.8, 4) is 0 Å². The van der Waals surface area contributed by atoms with E-state index in [0.29, 0.717) is 22.5 Å². The van der Waals surface area contributed by atoms with Crippen molar-refractivity contribution in [1.82, 2.24) is 4.41 Å². The third kappa shape index (κ3) is 5.08. The number of nitrogens with one attached hydrogen (secondary N) is 1. The van der Waals surface area contributed by atoms with Gasteiger partial charge in [-0.3, -0.25) is 4.72 Å². The Balaban J connectivity index is 1.77. The van der Waals surface area contributed by atoms with E-state index in [9.17, 15) is 21.2 Å². The van der Waals surface area contributed by atoms with Gasteiger partial charge in [0.25, 0.3) is 10.0 Å². The van der Waals surface area contributed by atoms with E-state index in [4.69, 9.17) is 11.6 Å². The zero-order chi connectivity index (χ0) is 24.5. The summed E-state index contributed by atoms with van der Waals surface area (Å²) in [6.07, 6.45) is 0.204. The van der Waals surface area contributed by atoms with E-state index in [2.05, 4.69) is 9.82 Å². The number of hydrogen-bond donors (Lipinski definition) is 1. The molecule has 0 saturated carbocycles. The van der Waals surface area contributed by atoms with Crippen LogP contribution in [0, 0.1) is 5.82 Å². The van der Waals surface area contributed by atoms with Gasteiger partial charge in [0, 0.05) is 17.1 Å². The largest absolute Gasteiger partial charge is 0.284 e. The maximum atomic E-state index is 13.5. The van der Waals surface area contributed by atoms with Crippen LogP contribution in [0.25, 0.3) is 0 Å². The molecule has 0 saturated heterocycles. The average Bonchev–Trinajstić information content (AvgIpc) is 3.26. The van der Waals surface area contributed by atoms with E-state index in [1.807, 2.05) is 0 Å². The normalized spacial score (nSPS) is 16.4. The number of halogens is 2. The molecule has 0 fully saturated rings. The van der Waals surface area contributed by atoms with E-state index >= 15 is 0 Å². The zero-order valence-electron chi connectivity index (χ0n) is 18.0. The molecule has 34 heavy (non-hydrogen) atoms. The molecular weight excluding hydrogens is 501 g/mol. The Bertz CT molecular complexity index is 1460. The number of sulfonamides is 2. The number of anilines is 1. The fourth-order valence-corrected chi connectivity index (χ4v) is 5.93. The van der Waals surface area contributed by atoms with Gasteiger partial charge >= 0.3 is 0 Å². The minimum atomic E-state index is -4.10. The van der Waals surface area contributed by atoms with Crippen LogP contribution in [0.5, 0.6) is 0 Å². The predicted molar refractivity (Wildman–Crippen MR) is 130 cm³/mol. The van der Waals surface area contributed by atoms with Gasteiger partial charge in [-0.25, -0.2) is 12.8 Å². The van der Waals surface area contributed by atoms with Crippen molar-refractivity contribution in [2.45, 2.75) is 24.3 Å². The van der Waals surface area contributed by atoms with Crippen LogP contribution in [0.1, 0.15) is 30.5 Å². The topological polar surface area (TPSA) is 95.9 Å². The molecule has 178 valence electrons. The van der Waals surface area contributed by atoms with Gasteiger partial charge in [0.2, 0.25) is 10.0 Å². The second-order valence-electron chi connectivity index (χ2n) is 7.64. The average molecular weight is 522 g/mol. The quantitative estimate of drug-likeness (QED) is 0.484. The molecule has 7 nitrogen and oxygen atoms in total. The highest BCUT2D eigenvalue weighted by molar-refractivity contribution is 7.92. The molecule has 3 aromatic rings. The SMILES string of the molecule is CCS(=O)(=O)Nc1cccc(C2=NN(S(=O)(=O)c3cccc(Cl)c3)C(c3ccc(F)cc3)C2)c1. The summed E-state index contributed by atoms with van der Waals surface area (Å²) >= 11 is 6.02. The smallest absolute Gasteiger partial charge is 0.279 e. The van der Waals surface area contributed by atoms with Gasteiger partial charge in [0.1, 0.15) is 5.82 Å². The predicted octanol–water partition coefficient (Wildman–Crippen LogP) is 4.78. The maximum absolute atomic E-state index is 13.5. The van der Waals surface area contributed by atoms with Gasteiger partial charge in [-0.05, 0) is 60.5 Å². The Morgan fingerprint density at radius 1 is 1.03 bits per heavy atom. The molecule has 0 aliphatic carbocycles. The molecule has 1 unspecified atom stereocenters. The lowest BCUT2D eigenvalue weighted by Gasteiger charge is -2.23. The minimum absolute atomic E-state index is 0.0263. The number of hydrogen-bond acceptors (Lipinski definition) is 5. The van der Waals surface area contributed by atoms with Crippen LogP contribution in [-0.2, 0) is 20.0 Å². The van der Waals surface area contributed by atoms with Crippen molar-refractivity contribution < 1.29 is 21.2 Å². The van der Waals surface area contributed by atoms with Crippen LogP contribution in [0.4, 0.5) is 10.1 Å². The molecule has 0 aromatic heterocycles. The first-order chi connectivity index (χ1) is 16.1. The summed E-state index contributed by atoms with van der Waals surface area (Å²) in [7, 11) is -7.59. The first-order valence-electron chi connectivity index (χ1n) is 10.3. The Labute approximate surface area is 203 Å². The van der Waals surface area contributed by atoms with Crippen molar-refractivity contribution in [3.63, 3.8) is 0 Å². The third-order valence-corrected chi connectivity index (χ3v) is 8.54. The molecule has 1 atom stereocenters. The minimum Gasteiger partial charge on any atom is -0.284 e. The highest BCUT2D eigenvalue weighted by atomic mass is 35.5.